The van der Waals surface area contributed by atoms with Crippen molar-refractivity contribution in [2.24, 2.45) is 0 Å². The number of aryl methyl sites for hydroxylation is 1. The molecular formula is C11H10F3N. The molecule has 0 spiro atoms. The van der Waals surface area contributed by atoms with E-state index in [9.17, 15) is 13.2 Å². The van der Waals surface area contributed by atoms with Crippen molar-refractivity contribution in [3.05, 3.63) is 35.4 Å². The van der Waals surface area contributed by atoms with E-state index in [1.165, 1.54) is 0 Å². The Kier molecular flexibility index (Phi) is 3.35. The Bertz CT molecular complexity index is 359. The molecule has 1 aromatic rings. The third kappa shape index (κ3) is 3.62. The molecular weight excluding hydrogens is 203 g/mol. The zero-order chi connectivity index (χ0) is 11.5. The number of benzene rings is 1. The van der Waals surface area contributed by atoms with Crippen LogP contribution in [-0.4, -0.2) is 6.18 Å². The van der Waals surface area contributed by atoms with Crippen LogP contribution in [0.4, 0.5) is 13.2 Å². The van der Waals surface area contributed by atoms with Gasteiger partial charge in [-0.25, -0.2) is 0 Å². The molecule has 0 bridgehead atoms. The van der Waals surface area contributed by atoms with Gasteiger partial charge in [0.15, 0.2) is 0 Å². The van der Waals surface area contributed by atoms with Gasteiger partial charge < -0.3 is 0 Å². The second-order valence-electron chi connectivity index (χ2n) is 3.41. The van der Waals surface area contributed by atoms with Crippen LogP contribution in [0.3, 0.4) is 0 Å². The quantitative estimate of drug-likeness (QED) is 0.736. The third-order valence-corrected chi connectivity index (χ3v) is 2.07. The number of hydrogen-bond acceptors (Lipinski definition) is 1. The summed E-state index contributed by atoms with van der Waals surface area (Å²) >= 11 is 0. The molecule has 0 N–H and O–H groups in total. The van der Waals surface area contributed by atoms with Crippen LogP contribution in [-0.2, 0) is 0 Å². The molecule has 1 nitrogen and oxygen atoms in total. The van der Waals surface area contributed by atoms with E-state index in [0.717, 1.165) is 5.56 Å². The van der Waals surface area contributed by atoms with E-state index >= 15 is 0 Å². The first-order valence-electron chi connectivity index (χ1n) is 4.45. The topological polar surface area (TPSA) is 23.8 Å². The molecule has 0 fully saturated rings. The maximum atomic E-state index is 12.1. The normalized spacial score (nSPS) is 13.3. The molecule has 0 aromatic heterocycles. The molecule has 0 aliphatic rings. The Morgan fingerprint density at radius 3 is 2.20 bits per heavy atom. The molecule has 0 aliphatic heterocycles. The molecule has 0 saturated carbocycles. The fourth-order valence-electron chi connectivity index (χ4n) is 1.27. The summed E-state index contributed by atoms with van der Waals surface area (Å²) in [6, 6.07) is 8.21. The minimum Gasteiger partial charge on any atom is -0.198 e. The van der Waals surface area contributed by atoms with Gasteiger partial charge in [0.25, 0.3) is 0 Å². The van der Waals surface area contributed by atoms with Gasteiger partial charge in [0, 0.05) is 0 Å². The number of halogens is 3. The van der Waals surface area contributed by atoms with Crippen molar-refractivity contribution in [3.8, 4) is 6.07 Å². The maximum Gasteiger partial charge on any atom is 0.390 e. The molecule has 80 valence electrons. The van der Waals surface area contributed by atoms with Crippen molar-refractivity contribution in [1.29, 1.82) is 5.26 Å². The summed E-state index contributed by atoms with van der Waals surface area (Å²) in [6.07, 6.45) is -5.39. The van der Waals surface area contributed by atoms with E-state index in [2.05, 4.69) is 0 Å². The first-order valence-corrected chi connectivity index (χ1v) is 4.45. The van der Waals surface area contributed by atoms with Crippen LogP contribution in [0.2, 0.25) is 0 Å². The number of nitrogens with zero attached hydrogens (tertiary/aromatic N) is 1. The highest BCUT2D eigenvalue weighted by Crippen LogP contribution is 2.30. The Labute approximate surface area is 86.1 Å². The molecule has 15 heavy (non-hydrogen) atoms. The Morgan fingerprint density at radius 2 is 1.80 bits per heavy atom. The van der Waals surface area contributed by atoms with E-state index in [4.69, 9.17) is 5.26 Å². The predicted octanol–water partition coefficient (Wildman–Crippen LogP) is 3.55. The van der Waals surface area contributed by atoms with Crippen LogP contribution in [0.5, 0.6) is 0 Å². The predicted molar refractivity (Wildman–Crippen MR) is 50.2 cm³/mol. The number of rotatable bonds is 2. The molecule has 4 heteroatoms. The van der Waals surface area contributed by atoms with E-state index in [1.807, 2.05) is 6.92 Å². The minimum absolute atomic E-state index is 0.417. The molecule has 1 atom stereocenters. The van der Waals surface area contributed by atoms with E-state index < -0.39 is 18.5 Å². The number of hydrogen-bond donors (Lipinski definition) is 0. The van der Waals surface area contributed by atoms with E-state index in [0.29, 0.717) is 5.56 Å². The van der Waals surface area contributed by atoms with Crippen LogP contribution >= 0.6 is 0 Å². The standard InChI is InChI=1S/C11H10F3N/c1-8-2-4-9(5-3-8)10(7-15)6-11(12,13)14/h2-5,10H,6H2,1H3/t10-/m1/s1. The highest BCUT2D eigenvalue weighted by Gasteiger charge is 2.32. The van der Waals surface area contributed by atoms with Gasteiger partial charge in [0.05, 0.1) is 18.4 Å². The van der Waals surface area contributed by atoms with Crippen molar-refractivity contribution in [3.63, 3.8) is 0 Å². The summed E-state index contributed by atoms with van der Waals surface area (Å²) in [6.45, 7) is 1.84. The SMILES string of the molecule is Cc1ccc([C@@H](C#N)CC(F)(F)F)cc1. The zero-order valence-corrected chi connectivity index (χ0v) is 8.17. The molecule has 0 saturated heterocycles. The monoisotopic (exact) mass is 213 g/mol. The Morgan fingerprint density at radius 1 is 1.27 bits per heavy atom. The Balaban J connectivity index is 2.85. The van der Waals surface area contributed by atoms with Crippen LogP contribution in [0.15, 0.2) is 24.3 Å². The van der Waals surface area contributed by atoms with Crippen molar-refractivity contribution in [2.45, 2.75) is 25.4 Å². The lowest BCUT2D eigenvalue weighted by atomic mass is 9.96. The minimum atomic E-state index is -4.30. The second-order valence-corrected chi connectivity index (χ2v) is 3.41. The van der Waals surface area contributed by atoms with Gasteiger partial charge in [0.1, 0.15) is 0 Å². The van der Waals surface area contributed by atoms with Gasteiger partial charge in [-0.2, -0.15) is 18.4 Å². The summed E-state index contributed by atoms with van der Waals surface area (Å²) in [7, 11) is 0. The van der Waals surface area contributed by atoms with E-state index in [1.54, 1.807) is 30.3 Å². The fraction of sp³-hybridized carbons (Fsp3) is 0.364. The molecule has 1 aromatic carbocycles. The van der Waals surface area contributed by atoms with Crippen LogP contribution in [0.25, 0.3) is 0 Å². The first kappa shape index (κ1) is 11.6. The summed E-state index contributed by atoms with van der Waals surface area (Å²) in [5.41, 5.74) is 1.38. The average molecular weight is 213 g/mol. The van der Waals surface area contributed by atoms with Crippen LogP contribution in [0.1, 0.15) is 23.5 Å². The van der Waals surface area contributed by atoms with Gasteiger partial charge in [-0.05, 0) is 12.5 Å². The summed E-state index contributed by atoms with van der Waals surface area (Å²) in [4.78, 5) is 0. The highest BCUT2D eigenvalue weighted by molar-refractivity contribution is 5.28. The van der Waals surface area contributed by atoms with Gasteiger partial charge in [-0.15, -0.1) is 0 Å². The molecule has 0 amide bonds. The van der Waals surface area contributed by atoms with Crippen molar-refractivity contribution in [1.82, 2.24) is 0 Å². The number of alkyl halides is 3. The molecule has 1 rings (SSSR count). The third-order valence-electron chi connectivity index (χ3n) is 2.07. The average Bonchev–Trinajstić information content (AvgIpc) is 2.14. The highest BCUT2D eigenvalue weighted by atomic mass is 19.4. The number of nitriles is 1. The first-order chi connectivity index (χ1) is 6.92. The molecule has 0 aliphatic carbocycles. The Hall–Kier alpha value is -1.50. The van der Waals surface area contributed by atoms with Gasteiger partial charge >= 0.3 is 6.18 Å². The van der Waals surface area contributed by atoms with Gasteiger partial charge in [0.2, 0.25) is 0 Å². The van der Waals surface area contributed by atoms with Crippen molar-refractivity contribution in [2.75, 3.05) is 0 Å². The fourth-order valence-corrected chi connectivity index (χ4v) is 1.27. The lowest BCUT2D eigenvalue weighted by molar-refractivity contribution is -0.136. The largest absolute Gasteiger partial charge is 0.390 e. The smallest absolute Gasteiger partial charge is 0.198 e. The van der Waals surface area contributed by atoms with Crippen LogP contribution < -0.4 is 0 Å². The van der Waals surface area contributed by atoms with Gasteiger partial charge in [-0.3, -0.25) is 0 Å². The lowest BCUT2D eigenvalue weighted by Gasteiger charge is -2.12. The van der Waals surface area contributed by atoms with Gasteiger partial charge in [-0.1, -0.05) is 29.8 Å². The van der Waals surface area contributed by atoms with E-state index in [-0.39, 0.29) is 0 Å². The summed E-state index contributed by atoms with van der Waals surface area (Å²) in [5, 5.41) is 8.66. The van der Waals surface area contributed by atoms with Crippen molar-refractivity contribution >= 4 is 0 Å². The summed E-state index contributed by atoms with van der Waals surface area (Å²) < 4.78 is 36.3. The molecule has 0 heterocycles. The summed E-state index contributed by atoms with van der Waals surface area (Å²) in [5.74, 6) is -1.11. The zero-order valence-electron chi connectivity index (χ0n) is 8.17. The lowest BCUT2D eigenvalue weighted by Crippen LogP contribution is -2.12. The molecule has 0 unspecified atom stereocenters. The molecule has 0 radical (unpaired) electrons. The van der Waals surface area contributed by atoms with Crippen LogP contribution in [0, 0.1) is 18.3 Å². The maximum absolute atomic E-state index is 12.1. The second kappa shape index (κ2) is 4.35. The van der Waals surface area contributed by atoms with Crippen molar-refractivity contribution < 1.29 is 13.2 Å².